The first kappa shape index (κ1) is 7.81. The molecule has 13 heavy (non-hydrogen) atoms. The van der Waals surface area contributed by atoms with E-state index in [0.29, 0.717) is 0 Å². The van der Waals surface area contributed by atoms with Crippen LogP contribution < -0.4 is 5.32 Å². The fourth-order valence-electron chi connectivity index (χ4n) is 1.51. The van der Waals surface area contributed by atoms with Crippen LogP contribution in [0.25, 0.3) is 0 Å². The van der Waals surface area contributed by atoms with E-state index >= 15 is 0 Å². The molecule has 1 unspecified atom stereocenters. The lowest BCUT2D eigenvalue weighted by atomic mass is 10.0. The lowest BCUT2D eigenvalue weighted by molar-refractivity contribution is -0.115. The molecule has 1 aromatic carbocycles. The van der Waals surface area contributed by atoms with E-state index in [-0.39, 0.29) is 5.91 Å². The number of hydrogen-bond donors (Lipinski definition) is 1. The summed E-state index contributed by atoms with van der Waals surface area (Å²) in [5.74, 6) is -0.849. The van der Waals surface area contributed by atoms with Crippen molar-refractivity contribution in [3.05, 3.63) is 29.3 Å². The Labute approximate surface area is 76.0 Å². The summed E-state index contributed by atoms with van der Waals surface area (Å²) in [4.78, 5) is 11.2. The maximum absolute atomic E-state index is 11.2. The quantitative estimate of drug-likeness (QED) is 0.645. The number of aryl methyl sites for hydroxylation is 1. The number of hydrogen-bond acceptors (Lipinski definition) is 2. The molecule has 0 aromatic heterocycles. The second-order valence-corrected chi connectivity index (χ2v) is 3.14. The van der Waals surface area contributed by atoms with Gasteiger partial charge in [0.15, 0.2) is 5.92 Å². The largest absolute Gasteiger partial charge is 0.324 e. The van der Waals surface area contributed by atoms with Crippen LogP contribution in [0.3, 0.4) is 0 Å². The van der Waals surface area contributed by atoms with Crippen molar-refractivity contribution in [3.63, 3.8) is 0 Å². The predicted octanol–water partition coefficient (Wildman–Crippen LogP) is 1.55. The first-order valence-electron chi connectivity index (χ1n) is 4.03. The molecule has 64 valence electrons. The highest BCUT2D eigenvalue weighted by Crippen LogP contribution is 2.32. The lowest BCUT2D eigenvalue weighted by Crippen LogP contribution is -2.09. The highest BCUT2D eigenvalue weighted by Gasteiger charge is 2.29. The number of amides is 1. The van der Waals surface area contributed by atoms with E-state index in [1.54, 1.807) is 0 Å². The number of anilines is 1. The fourth-order valence-corrected chi connectivity index (χ4v) is 1.51. The average Bonchev–Trinajstić information content (AvgIpc) is 2.40. The van der Waals surface area contributed by atoms with Crippen LogP contribution in [-0.2, 0) is 4.79 Å². The molecule has 0 fully saturated rings. The highest BCUT2D eigenvalue weighted by atomic mass is 16.2. The first-order chi connectivity index (χ1) is 6.22. The van der Waals surface area contributed by atoms with Crippen molar-refractivity contribution >= 4 is 11.6 Å². The van der Waals surface area contributed by atoms with E-state index in [2.05, 4.69) is 5.32 Å². The van der Waals surface area contributed by atoms with Crippen LogP contribution in [0.4, 0.5) is 5.69 Å². The van der Waals surface area contributed by atoms with Gasteiger partial charge in [-0.05, 0) is 13.0 Å². The predicted molar refractivity (Wildman–Crippen MR) is 48.2 cm³/mol. The van der Waals surface area contributed by atoms with Gasteiger partial charge >= 0.3 is 0 Å². The molecule has 0 spiro atoms. The first-order valence-corrected chi connectivity index (χ1v) is 4.03. The van der Waals surface area contributed by atoms with Gasteiger partial charge in [0.05, 0.1) is 6.07 Å². The van der Waals surface area contributed by atoms with Gasteiger partial charge in [-0.15, -0.1) is 0 Å². The molecule has 1 N–H and O–H groups in total. The Bertz CT molecular complexity index is 417. The number of carbonyl (C=O) groups excluding carboxylic acids is 1. The normalized spacial score (nSPS) is 19.1. The topological polar surface area (TPSA) is 52.9 Å². The molecule has 0 aliphatic carbocycles. The van der Waals surface area contributed by atoms with Crippen molar-refractivity contribution in [2.45, 2.75) is 12.8 Å². The third-order valence-corrected chi connectivity index (χ3v) is 2.17. The van der Waals surface area contributed by atoms with E-state index in [0.717, 1.165) is 16.8 Å². The van der Waals surface area contributed by atoms with Crippen LogP contribution in [0, 0.1) is 18.3 Å². The zero-order valence-corrected chi connectivity index (χ0v) is 7.16. The summed E-state index contributed by atoms with van der Waals surface area (Å²) in [5, 5.41) is 11.4. The molecule has 1 heterocycles. The van der Waals surface area contributed by atoms with Gasteiger partial charge in [-0.1, -0.05) is 17.7 Å². The fraction of sp³-hybridized carbons (Fsp3) is 0.200. The molecular weight excluding hydrogens is 164 g/mol. The Balaban J connectivity index is 2.58. The maximum Gasteiger partial charge on any atom is 0.246 e. The third kappa shape index (κ3) is 1.07. The lowest BCUT2D eigenvalue weighted by Gasteiger charge is -1.99. The molecule has 3 nitrogen and oxygen atoms in total. The second kappa shape index (κ2) is 2.60. The number of rotatable bonds is 0. The van der Waals surface area contributed by atoms with Crippen LogP contribution in [0.2, 0.25) is 0 Å². The van der Waals surface area contributed by atoms with Crippen molar-refractivity contribution in [1.82, 2.24) is 0 Å². The summed E-state index contributed by atoms with van der Waals surface area (Å²) >= 11 is 0. The molecule has 1 atom stereocenters. The zero-order chi connectivity index (χ0) is 9.42. The van der Waals surface area contributed by atoms with E-state index in [1.165, 1.54) is 0 Å². The van der Waals surface area contributed by atoms with E-state index in [1.807, 2.05) is 31.2 Å². The van der Waals surface area contributed by atoms with Gasteiger partial charge in [-0.25, -0.2) is 0 Å². The van der Waals surface area contributed by atoms with Gasteiger partial charge in [0.2, 0.25) is 5.91 Å². The Morgan fingerprint density at radius 3 is 3.00 bits per heavy atom. The van der Waals surface area contributed by atoms with Crippen molar-refractivity contribution in [3.8, 4) is 6.07 Å². The summed E-state index contributed by atoms with van der Waals surface area (Å²) in [5.41, 5.74) is 2.63. The maximum atomic E-state index is 11.2. The number of nitrogens with one attached hydrogen (secondary N) is 1. The monoisotopic (exact) mass is 172 g/mol. The van der Waals surface area contributed by atoms with Gasteiger partial charge in [0.1, 0.15) is 0 Å². The van der Waals surface area contributed by atoms with Gasteiger partial charge < -0.3 is 5.32 Å². The standard InChI is InChI=1S/C10H8N2O/c1-6-2-3-9-7(4-6)8(5-11)10(13)12-9/h2-4,8H,1H3,(H,12,13). The number of nitriles is 1. The van der Waals surface area contributed by atoms with E-state index in [4.69, 9.17) is 5.26 Å². The molecule has 1 amide bonds. The Hall–Kier alpha value is -1.82. The Morgan fingerprint density at radius 1 is 1.54 bits per heavy atom. The summed E-state index contributed by atoms with van der Waals surface area (Å²) in [6.45, 7) is 1.94. The van der Waals surface area contributed by atoms with Crippen LogP contribution >= 0.6 is 0 Å². The number of carbonyl (C=O) groups is 1. The highest BCUT2D eigenvalue weighted by molar-refractivity contribution is 6.04. The van der Waals surface area contributed by atoms with Gasteiger partial charge in [0.25, 0.3) is 0 Å². The molecule has 0 saturated heterocycles. The van der Waals surface area contributed by atoms with Crippen molar-refractivity contribution in [2.24, 2.45) is 0 Å². The number of fused-ring (bicyclic) bond motifs is 1. The summed E-state index contributed by atoms with van der Waals surface area (Å²) < 4.78 is 0. The third-order valence-electron chi connectivity index (χ3n) is 2.17. The molecular formula is C10H8N2O. The second-order valence-electron chi connectivity index (χ2n) is 3.14. The van der Waals surface area contributed by atoms with Gasteiger partial charge in [-0.2, -0.15) is 5.26 Å². The van der Waals surface area contributed by atoms with Gasteiger partial charge in [-0.3, -0.25) is 4.79 Å². The Kier molecular flexibility index (Phi) is 1.56. The molecule has 1 aliphatic heterocycles. The van der Waals surface area contributed by atoms with E-state index in [9.17, 15) is 4.79 Å². The van der Waals surface area contributed by atoms with Crippen LogP contribution in [0.15, 0.2) is 18.2 Å². The minimum Gasteiger partial charge on any atom is -0.324 e. The zero-order valence-electron chi connectivity index (χ0n) is 7.16. The van der Waals surface area contributed by atoms with Crippen LogP contribution in [-0.4, -0.2) is 5.91 Å². The molecule has 1 aliphatic rings. The van der Waals surface area contributed by atoms with Gasteiger partial charge in [0, 0.05) is 11.3 Å². The molecule has 0 radical (unpaired) electrons. The van der Waals surface area contributed by atoms with Crippen LogP contribution in [0.5, 0.6) is 0 Å². The minimum atomic E-state index is -0.630. The smallest absolute Gasteiger partial charge is 0.246 e. The summed E-state index contributed by atoms with van der Waals surface area (Å²) in [6, 6.07) is 7.61. The van der Waals surface area contributed by atoms with Crippen molar-refractivity contribution < 1.29 is 4.79 Å². The van der Waals surface area contributed by atoms with Crippen LogP contribution in [0.1, 0.15) is 17.0 Å². The van der Waals surface area contributed by atoms with E-state index < -0.39 is 5.92 Å². The number of nitrogens with zero attached hydrogens (tertiary/aromatic N) is 1. The molecule has 0 bridgehead atoms. The average molecular weight is 172 g/mol. The van der Waals surface area contributed by atoms with Crippen molar-refractivity contribution in [1.29, 1.82) is 5.26 Å². The molecule has 2 rings (SSSR count). The molecule has 3 heteroatoms. The van der Waals surface area contributed by atoms with Crippen molar-refractivity contribution in [2.75, 3.05) is 5.32 Å². The molecule has 0 saturated carbocycles. The minimum absolute atomic E-state index is 0.219. The SMILES string of the molecule is Cc1ccc2c(c1)C(C#N)C(=O)N2. The summed E-state index contributed by atoms with van der Waals surface area (Å²) in [7, 11) is 0. The number of benzene rings is 1. The molecule has 1 aromatic rings. The Morgan fingerprint density at radius 2 is 2.31 bits per heavy atom. The summed E-state index contributed by atoms with van der Waals surface area (Å²) in [6.07, 6.45) is 0.